The summed E-state index contributed by atoms with van der Waals surface area (Å²) in [6, 6.07) is 0. The smallest absolute Gasteiger partial charge is 0.334 e. The molecule has 9 heteroatoms. The minimum Gasteiger partial charge on any atom is -0.453 e. The predicted octanol–water partition coefficient (Wildman–Crippen LogP) is 5.96. The average molecular weight is 630 g/mol. The number of allylic oxidation sites excluding steroid dienone is 4. The van der Waals surface area contributed by atoms with Gasteiger partial charge in [0.1, 0.15) is 12.0 Å². The van der Waals surface area contributed by atoms with Crippen molar-refractivity contribution in [3.63, 3.8) is 0 Å². The lowest BCUT2D eigenvalue weighted by molar-refractivity contribution is -0.162. The van der Waals surface area contributed by atoms with Crippen molar-refractivity contribution in [1.29, 1.82) is 0 Å². The summed E-state index contributed by atoms with van der Waals surface area (Å²) in [6.07, 6.45) is 12.2. The number of esters is 1. The van der Waals surface area contributed by atoms with E-state index < -0.39 is 48.3 Å². The molecule has 0 amide bonds. The van der Waals surface area contributed by atoms with Crippen molar-refractivity contribution in [2.24, 2.45) is 5.92 Å². The molecule has 1 aliphatic rings. The second-order valence-corrected chi connectivity index (χ2v) is 12.3. The summed E-state index contributed by atoms with van der Waals surface area (Å²) in [4.78, 5) is 18.2. The van der Waals surface area contributed by atoms with E-state index in [4.69, 9.17) is 13.9 Å². The molecule has 0 saturated heterocycles. The van der Waals surface area contributed by atoms with E-state index >= 15 is 0 Å². The Morgan fingerprint density at radius 1 is 1.13 bits per heavy atom. The van der Waals surface area contributed by atoms with E-state index in [1.165, 1.54) is 6.26 Å². The molecule has 1 aromatic heterocycles. The zero-order valence-corrected chi connectivity index (χ0v) is 28.1. The van der Waals surface area contributed by atoms with Crippen LogP contribution in [0.3, 0.4) is 0 Å². The van der Waals surface area contributed by atoms with Crippen LogP contribution in [0.5, 0.6) is 0 Å². The standard InChI is InChI=1S/C36H55NO8/c1-8-9-10-12-15-28-20-29-22-44-35(37-29)26(5)32(40)21-30(38)16-13-11-14-17-31(39)34(45-36(28)42)33(41)25(4)19-23(2)18-24(3)27(6)43-7/h11,13-14,16,18-20,22,25-27,30-34,38-41H,8-10,12,15,17,21H2,1-7H3/b14-11-,16-13-,23-19+,24-18-,28-20-/t25?,26-,27?,30-,31+,32-,33?,34+/m1/s1. The first-order chi connectivity index (χ1) is 21.4. The van der Waals surface area contributed by atoms with Crippen molar-refractivity contribution in [3.05, 3.63) is 71.0 Å². The molecule has 9 nitrogen and oxygen atoms in total. The van der Waals surface area contributed by atoms with E-state index in [9.17, 15) is 25.2 Å². The summed E-state index contributed by atoms with van der Waals surface area (Å²) in [6.45, 7) is 11.5. The van der Waals surface area contributed by atoms with Crippen LogP contribution in [0, 0.1) is 5.92 Å². The van der Waals surface area contributed by atoms with Gasteiger partial charge in [0.2, 0.25) is 0 Å². The van der Waals surface area contributed by atoms with E-state index in [1.807, 2.05) is 39.8 Å². The van der Waals surface area contributed by atoms with Crippen LogP contribution in [0.2, 0.25) is 0 Å². The van der Waals surface area contributed by atoms with Gasteiger partial charge in [-0.1, -0.05) is 82.1 Å². The van der Waals surface area contributed by atoms with Gasteiger partial charge in [0.05, 0.1) is 36.4 Å². The number of rotatable bonds is 11. The number of unbranched alkanes of at least 4 members (excludes halogenated alkanes) is 3. The van der Waals surface area contributed by atoms with Gasteiger partial charge in [0, 0.05) is 25.0 Å². The molecule has 45 heavy (non-hydrogen) atoms. The molecule has 252 valence electrons. The maximum absolute atomic E-state index is 13.7. The number of oxazole rings is 1. The van der Waals surface area contributed by atoms with E-state index in [-0.39, 0.29) is 24.8 Å². The van der Waals surface area contributed by atoms with Gasteiger partial charge in [-0.15, -0.1) is 0 Å². The number of hydrogen-bond donors (Lipinski definition) is 4. The highest BCUT2D eigenvalue weighted by atomic mass is 16.6. The molecule has 0 aliphatic carbocycles. The van der Waals surface area contributed by atoms with Crippen LogP contribution < -0.4 is 0 Å². The van der Waals surface area contributed by atoms with Gasteiger partial charge in [0.25, 0.3) is 0 Å². The lowest BCUT2D eigenvalue weighted by atomic mass is 9.92. The number of carbonyl (C=O) groups is 1. The molecule has 1 aliphatic heterocycles. The second-order valence-electron chi connectivity index (χ2n) is 12.3. The largest absolute Gasteiger partial charge is 0.453 e. The average Bonchev–Trinajstić information content (AvgIpc) is 3.47. The molecule has 8 atom stereocenters. The first-order valence-electron chi connectivity index (χ1n) is 16.2. The number of aliphatic hydroxyl groups excluding tert-OH is 4. The van der Waals surface area contributed by atoms with Crippen molar-refractivity contribution in [2.75, 3.05) is 7.11 Å². The first kappa shape index (κ1) is 38.4. The minimum absolute atomic E-state index is 0.0586. The Morgan fingerprint density at radius 3 is 2.56 bits per heavy atom. The highest BCUT2D eigenvalue weighted by molar-refractivity contribution is 5.93. The monoisotopic (exact) mass is 629 g/mol. The van der Waals surface area contributed by atoms with E-state index in [2.05, 4.69) is 11.9 Å². The summed E-state index contributed by atoms with van der Waals surface area (Å²) in [5.41, 5.74) is 2.68. The Bertz CT molecular complexity index is 1200. The fraction of sp³-hybridized carbons (Fsp3) is 0.611. The Balaban J connectivity index is 2.48. The molecule has 2 rings (SSSR count). The number of aromatic nitrogens is 1. The van der Waals surface area contributed by atoms with E-state index in [0.29, 0.717) is 17.7 Å². The molecule has 4 N–H and O–H groups in total. The SMILES string of the molecule is CCCCCC/C1=C/c2coc(n2)[C@H](C)[C@H](O)C[C@H](O)/C=C\C=C/C[C@H](O)[C@@H](C(O)C(C)/C=C(C)/C=C(/C)C(C)OC)OC1=O. The van der Waals surface area contributed by atoms with Gasteiger partial charge in [0.15, 0.2) is 12.0 Å². The van der Waals surface area contributed by atoms with Crippen LogP contribution >= 0.6 is 0 Å². The van der Waals surface area contributed by atoms with Crippen LogP contribution in [-0.4, -0.2) is 75.1 Å². The third-order valence-electron chi connectivity index (χ3n) is 8.30. The van der Waals surface area contributed by atoms with Gasteiger partial charge in [-0.3, -0.25) is 0 Å². The molecule has 3 unspecified atom stereocenters. The fourth-order valence-corrected chi connectivity index (χ4v) is 5.15. The molecular weight excluding hydrogens is 574 g/mol. The Morgan fingerprint density at radius 2 is 1.87 bits per heavy atom. The van der Waals surface area contributed by atoms with Gasteiger partial charge in [-0.2, -0.15) is 0 Å². The second kappa shape index (κ2) is 19.6. The van der Waals surface area contributed by atoms with E-state index in [1.54, 1.807) is 44.4 Å². The topological polar surface area (TPSA) is 142 Å². The molecule has 2 heterocycles. The normalized spacial score (nSPS) is 29.0. The molecule has 0 radical (unpaired) electrons. The van der Waals surface area contributed by atoms with Crippen molar-refractivity contribution < 1.29 is 39.1 Å². The Hall–Kier alpha value is -2.82. The molecule has 0 fully saturated rings. The summed E-state index contributed by atoms with van der Waals surface area (Å²) in [5.74, 6) is -1.31. The maximum Gasteiger partial charge on any atom is 0.334 e. The van der Waals surface area contributed by atoms with Crippen LogP contribution in [0.15, 0.2) is 63.9 Å². The van der Waals surface area contributed by atoms with Crippen LogP contribution in [0.1, 0.15) is 104 Å². The Labute approximate surface area is 269 Å². The van der Waals surface area contributed by atoms with Crippen molar-refractivity contribution in [3.8, 4) is 0 Å². The van der Waals surface area contributed by atoms with Crippen LogP contribution in [0.25, 0.3) is 6.08 Å². The summed E-state index contributed by atoms with van der Waals surface area (Å²) in [7, 11) is 1.65. The summed E-state index contributed by atoms with van der Waals surface area (Å²) in [5, 5.41) is 43.7. The molecule has 0 spiro atoms. The number of carbonyl (C=O) groups excluding carboxylic acids is 1. The van der Waals surface area contributed by atoms with Crippen LogP contribution in [-0.2, 0) is 14.3 Å². The minimum atomic E-state index is -1.22. The highest BCUT2D eigenvalue weighted by Crippen LogP contribution is 2.26. The third kappa shape index (κ3) is 12.8. The molecule has 2 bridgehead atoms. The number of hydrogen-bond acceptors (Lipinski definition) is 9. The number of nitrogens with zero attached hydrogens (tertiary/aromatic N) is 1. The number of cyclic esters (lactones) is 1. The van der Waals surface area contributed by atoms with Crippen molar-refractivity contribution >= 4 is 12.0 Å². The lowest BCUT2D eigenvalue weighted by Crippen LogP contribution is -2.44. The maximum atomic E-state index is 13.7. The number of aliphatic hydroxyl groups is 4. The van der Waals surface area contributed by atoms with Crippen molar-refractivity contribution in [2.45, 2.75) is 129 Å². The van der Waals surface area contributed by atoms with Gasteiger partial charge >= 0.3 is 5.97 Å². The molecule has 0 saturated carbocycles. The number of methoxy groups -OCH3 is 1. The quantitative estimate of drug-likeness (QED) is 0.133. The predicted molar refractivity (Wildman–Crippen MR) is 176 cm³/mol. The highest BCUT2D eigenvalue weighted by Gasteiger charge is 2.34. The molecule has 0 aromatic carbocycles. The summed E-state index contributed by atoms with van der Waals surface area (Å²) >= 11 is 0. The first-order valence-corrected chi connectivity index (χ1v) is 16.2. The third-order valence-corrected chi connectivity index (χ3v) is 8.30. The van der Waals surface area contributed by atoms with E-state index in [0.717, 1.165) is 36.8 Å². The fourth-order valence-electron chi connectivity index (χ4n) is 5.15. The van der Waals surface area contributed by atoms with Gasteiger partial charge in [-0.25, -0.2) is 9.78 Å². The van der Waals surface area contributed by atoms with Crippen LogP contribution in [0.4, 0.5) is 0 Å². The zero-order chi connectivity index (χ0) is 33.5. The zero-order valence-electron chi connectivity index (χ0n) is 28.1. The van der Waals surface area contributed by atoms with Gasteiger partial charge < -0.3 is 34.3 Å². The Kier molecular flexibility index (Phi) is 16.7. The van der Waals surface area contributed by atoms with Gasteiger partial charge in [-0.05, 0) is 51.7 Å². The summed E-state index contributed by atoms with van der Waals surface area (Å²) < 4.78 is 16.9. The number of fused-ring (bicyclic) bond motifs is 2. The lowest BCUT2D eigenvalue weighted by Gasteiger charge is -2.30. The molecule has 1 aromatic rings. The van der Waals surface area contributed by atoms with Crippen molar-refractivity contribution in [1.82, 2.24) is 4.98 Å². The number of ether oxygens (including phenoxy) is 2. The molecular formula is C36H55NO8.